The number of amides is 1. The van der Waals surface area contributed by atoms with Crippen molar-refractivity contribution < 1.29 is 9.53 Å². The Morgan fingerprint density at radius 3 is 2.76 bits per heavy atom. The van der Waals surface area contributed by atoms with Crippen molar-refractivity contribution in [1.29, 1.82) is 0 Å². The summed E-state index contributed by atoms with van der Waals surface area (Å²) in [5, 5.41) is 0. The first-order chi connectivity index (χ1) is 8.08. The van der Waals surface area contributed by atoms with Crippen molar-refractivity contribution in [2.24, 2.45) is 17.6 Å². The summed E-state index contributed by atoms with van der Waals surface area (Å²) in [6.07, 6.45) is 3.07. The number of nitrogens with zero attached hydrogens (tertiary/aromatic N) is 1. The monoisotopic (exact) mass is 240 g/mol. The molecule has 0 aromatic carbocycles. The molecule has 1 aliphatic heterocycles. The average molecular weight is 240 g/mol. The molecular formula is C13H24N2O2. The van der Waals surface area contributed by atoms with Crippen molar-refractivity contribution >= 4 is 5.91 Å². The van der Waals surface area contributed by atoms with Gasteiger partial charge in [-0.1, -0.05) is 6.92 Å². The topological polar surface area (TPSA) is 55.6 Å². The Kier molecular flexibility index (Phi) is 4.05. The van der Waals surface area contributed by atoms with Gasteiger partial charge in [0.15, 0.2) is 0 Å². The van der Waals surface area contributed by atoms with E-state index in [1.54, 1.807) is 0 Å². The van der Waals surface area contributed by atoms with Gasteiger partial charge in [-0.25, -0.2) is 0 Å². The van der Waals surface area contributed by atoms with E-state index in [1.165, 1.54) is 0 Å². The number of hydrogen-bond acceptors (Lipinski definition) is 3. The summed E-state index contributed by atoms with van der Waals surface area (Å²) >= 11 is 0. The standard InChI is InChI=1S/C13H24N2O2/c1-9-7-11(3-4-12(9)14)13(16)15-5-6-17-10(2)8-15/h9-12H,3-8,14H2,1-2H3. The van der Waals surface area contributed by atoms with Crippen molar-refractivity contribution in [2.45, 2.75) is 45.3 Å². The van der Waals surface area contributed by atoms with Crippen molar-refractivity contribution in [3.8, 4) is 0 Å². The first kappa shape index (κ1) is 12.8. The Hall–Kier alpha value is -0.610. The van der Waals surface area contributed by atoms with Crippen LogP contribution in [0.15, 0.2) is 0 Å². The quantitative estimate of drug-likeness (QED) is 0.744. The lowest BCUT2D eigenvalue weighted by Crippen LogP contribution is -2.48. The largest absolute Gasteiger partial charge is 0.375 e. The maximum Gasteiger partial charge on any atom is 0.225 e. The molecule has 1 saturated heterocycles. The SMILES string of the molecule is CC1CN(C(=O)C2CCC(N)C(C)C2)CCO1. The molecule has 1 saturated carbocycles. The molecule has 0 spiro atoms. The van der Waals surface area contributed by atoms with Crippen LogP contribution in [0, 0.1) is 11.8 Å². The molecule has 2 N–H and O–H groups in total. The van der Waals surface area contributed by atoms with Crippen LogP contribution in [-0.2, 0) is 9.53 Å². The second-order valence-electron chi connectivity index (χ2n) is 5.62. The van der Waals surface area contributed by atoms with Crippen molar-refractivity contribution in [3.05, 3.63) is 0 Å². The molecule has 0 aromatic heterocycles. The molecule has 0 bridgehead atoms. The van der Waals surface area contributed by atoms with Gasteiger partial charge >= 0.3 is 0 Å². The molecule has 1 aliphatic carbocycles. The fourth-order valence-electron chi connectivity index (χ4n) is 2.92. The number of carbonyl (C=O) groups is 1. The highest BCUT2D eigenvalue weighted by molar-refractivity contribution is 5.79. The molecular weight excluding hydrogens is 216 g/mol. The van der Waals surface area contributed by atoms with Gasteiger partial charge < -0.3 is 15.4 Å². The lowest BCUT2D eigenvalue weighted by molar-refractivity contribution is -0.144. The number of carbonyl (C=O) groups excluding carboxylic acids is 1. The van der Waals surface area contributed by atoms with E-state index < -0.39 is 0 Å². The molecule has 2 fully saturated rings. The summed E-state index contributed by atoms with van der Waals surface area (Å²) in [5.41, 5.74) is 6.00. The van der Waals surface area contributed by atoms with E-state index in [0.29, 0.717) is 18.4 Å². The molecule has 1 heterocycles. The lowest BCUT2D eigenvalue weighted by Gasteiger charge is -2.37. The van der Waals surface area contributed by atoms with Crippen LogP contribution in [0.2, 0.25) is 0 Å². The fourth-order valence-corrected chi connectivity index (χ4v) is 2.92. The molecule has 0 aromatic rings. The van der Waals surface area contributed by atoms with Crippen molar-refractivity contribution in [1.82, 2.24) is 4.90 Å². The van der Waals surface area contributed by atoms with Gasteiger partial charge in [0.25, 0.3) is 0 Å². The minimum absolute atomic E-state index is 0.177. The molecule has 0 radical (unpaired) electrons. The summed E-state index contributed by atoms with van der Waals surface area (Å²) in [6.45, 7) is 6.36. The third-order valence-electron chi connectivity index (χ3n) is 4.14. The van der Waals surface area contributed by atoms with Crippen LogP contribution in [0.3, 0.4) is 0 Å². The maximum atomic E-state index is 12.4. The summed E-state index contributed by atoms with van der Waals surface area (Å²) < 4.78 is 5.47. The predicted octanol–water partition coefficient (Wildman–Crippen LogP) is 0.997. The first-order valence-corrected chi connectivity index (χ1v) is 6.74. The summed E-state index contributed by atoms with van der Waals surface area (Å²) in [4.78, 5) is 14.4. The lowest BCUT2D eigenvalue weighted by atomic mass is 9.78. The minimum atomic E-state index is 0.177. The van der Waals surface area contributed by atoms with Crippen LogP contribution in [0.25, 0.3) is 0 Å². The molecule has 4 atom stereocenters. The van der Waals surface area contributed by atoms with Gasteiger partial charge in [0.1, 0.15) is 0 Å². The Morgan fingerprint density at radius 1 is 1.35 bits per heavy atom. The maximum absolute atomic E-state index is 12.4. The number of nitrogens with two attached hydrogens (primary N) is 1. The third kappa shape index (κ3) is 2.99. The van der Waals surface area contributed by atoms with E-state index in [0.717, 1.165) is 32.4 Å². The van der Waals surface area contributed by atoms with Gasteiger partial charge in [-0.3, -0.25) is 4.79 Å². The summed E-state index contributed by atoms with van der Waals surface area (Å²) in [6, 6.07) is 0.280. The number of ether oxygens (including phenoxy) is 1. The molecule has 4 heteroatoms. The second-order valence-corrected chi connectivity index (χ2v) is 5.62. The zero-order valence-corrected chi connectivity index (χ0v) is 10.9. The van der Waals surface area contributed by atoms with Crippen LogP contribution in [0.5, 0.6) is 0 Å². The van der Waals surface area contributed by atoms with E-state index in [9.17, 15) is 4.79 Å². The number of rotatable bonds is 1. The Morgan fingerprint density at radius 2 is 2.12 bits per heavy atom. The molecule has 17 heavy (non-hydrogen) atoms. The fraction of sp³-hybridized carbons (Fsp3) is 0.923. The van der Waals surface area contributed by atoms with Gasteiger partial charge in [-0.05, 0) is 32.1 Å². The normalized spacial score (nSPS) is 39.1. The van der Waals surface area contributed by atoms with E-state index >= 15 is 0 Å². The van der Waals surface area contributed by atoms with Crippen LogP contribution >= 0.6 is 0 Å². The van der Waals surface area contributed by atoms with Gasteiger partial charge in [0.05, 0.1) is 12.7 Å². The van der Waals surface area contributed by atoms with Crippen LogP contribution in [-0.4, -0.2) is 42.6 Å². The number of hydrogen-bond donors (Lipinski definition) is 1. The highest BCUT2D eigenvalue weighted by Gasteiger charge is 2.33. The molecule has 4 unspecified atom stereocenters. The van der Waals surface area contributed by atoms with Crippen LogP contribution in [0.4, 0.5) is 0 Å². The predicted molar refractivity (Wildman–Crippen MR) is 66.5 cm³/mol. The highest BCUT2D eigenvalue weighted by atomic mass is 16.5. The summed E-state index contributed by atoms with van der Waals surface area (Å²) in [7, 11) is 0. The van der Waals surface area contributed by atoms with Gasteiger partial charge in [-0.2, -0.15) is 0 Å². The van der Waals surface area contributed by atoms with E-state index in [2.05, 4.69) is 6.92 Å². The Bertz CT molecular complexity index is 283. The molecule has 2 rings (SSSR count). The highest BCUT2D eigenvalue weighted by Crippen LogP contribution is 2.29. The van der Waals surface area contributed by atoms with Crippen molar-refractivity contribution in [2.75, 3.05) is 19.7 Å². The molecule has 4 nitrogen and oxygen atoms in total. The van der Waals surface area contributed by atoms with Gasteiger partial charge in [-0.15, -0.1) is 0 Å². The zero-order chi connectivity index (χ0) is 12.4. The number of morpholine rings is 1. The minimum Gasteiger partial charge on any atom is -0.375 e. The zero-order valence-electron chi connectivity index (χ0n) is 10.9. The Labute approximate surface area is 103 Å². The van der Waals surface area contributed by atoms with E-state index in [-0.39, 0.29) is 18.1 Å². The first-order valence-electron chi connectivity index (χ1n) is 6.74. The average Bonchev–Trinajstić information content (AvgIpc) is 2.32. The van der Waals surface area contributed by atoms with E-state index in [1.807, 2.05) is 11.8 Å². The van der Waals surface area contributed by atoms with Gasteiger partial charge in [0.2, 0.25) is 5.91 Å². The van der Waals surface area contributed by atoms with Crippen LogP contribution in [0.1, 0.15) is 33.1 Å². The second kappa shape index (κ2) is 5.36. The molecule has 2 aliphatic rings. The van der Waals surface area contributed by atoms with E-state index in [4.69, 9.17) is 10.5 Å². The molecule has 98 valence electrons. The Balaban J connectivity index is 1.91. The van der Waals surface area contributed by atoms with Gasteiger partial charge in [0, 0.05) is 25.0 Å². The smallest absolute Gasteiger partial charge is 0.225 e. The summed E-state index contributed by atoms with van der Waals surface area (Å²) in [5.74, 6) is 0.977. The molecule has 1 amide bonds. The third-order valence-corrected chi connectivity index (χ3v) is 4.14. The van der Waals surface area contributed by atoms with Crippen molar-refractivity contribution in [3.63, 3.8) is 0 Å². The van der Waals surface area contributed by atoms with Crippen LogP contribution < -0.4 is 5.73 Å².